The Hall–Kier alpha value is -4.79. The van der Waals surface area contributed by atoms with Crippen molar-refractivity contribution in [3.8, 4) is 0 Å². The number of thiazole rings is 1. The molecule has 1 aliphatic rings. The van der Waals surface area contributed by atoms with Crippen LogP contribution in [0.15, 0.2) is 41.8 Å². The number of aromatic nitrogens is 1. The number of nitrogens with one attached hydrogen (secondary N) is 4. The Morgan fingerprint density at radius 3 is 2.14 bits per heavy atom. The molecule has 6 amide bonds. The number of unbranched alkanes of at least 4 members (excludes halogenated alkanes) is 2. The van der Waals surface area contributed by atoms with E-state index >= 15 is 0 Å². The molecule has 64 heavy (non-hydrogen) atoms. The third-order valence-corrected chi connectivity index (χ3v) is 11.1. The number of rotatable bonds is 32. The molecule has 6 N–H and O–H groups in total. The van der Waals surface area contributed by atoms with Crippen LogP contribution < -0.4 is 27.2 Å². The van der Waals surface area contributed by atoms with Gasteiger partial charge < -0.3 is 40.1 Å². The highest BCUT2D eigenvalue weighted by molar-refractivity contribution is 7.09. The third kappa shape index (κ3) is 21.3. The van der Waals surface area contributed by atoms with Gasteiger partial charge in [0.15, 0.2) is 0 Å². The SMILES string of the molecule is CCCOC(C[C@@H](N)C(C)C)c1nc(C(=O)N[C@@H](Cc2ccc(C)cc2)C[C@H](C)C(=O)NNC(=O)OCCOCCOCCOCCNC(=O)CCCCCN2C(=O)C=CC2=O)cs1. The zero-order valence-electron chi connectivity index (χ0n) is 38.0. The van der Waals surface area contributed by atoms with Gasteiger partial charge in [-0.05, 0) is 56.9 Å². The summed E-state index contributed by atoms with van der Waals surface area (Å²) in [5, 5.41) is 8.28. The number of carbonyl (C=O) groups excluding carboxylic acids is 6. The fourth-order valence-corrected chi connectivity index (χ4v) is 7.16. The monoisotopic (exact) mass is 915 g/mol. The zero-order chi connectivity index (χ0) is 46.7. The number of hydrogen-bond acceptors (Lipinski definition) is 14. The van der Waals surface area contributed by atoms with Gasteiger partial charge >= 0.3 is 6.09 Å². The molecule has 0 saturated heterocycles. The van der Waals surface area contributed by atoms with E-state index in [-0.39, 0.29) is 73.6 Å². The van der Waals surface area contributed by atoms with Crippen molar-refractivity contribution in [3.63, 3.8) is 0 Å². The molecule has 1 aromatic heterocycles. The van der Waals surface area contributed by atoms with Crippen molar-refractivity contribution in [2.45, 2.75) is 104 Å². The van der Waals surface area contributed by atoms with Crippen LogP contribution in [0, 0.1) is 18.8 Å². The summed E-state index contributed by atoms with van der Waals surface area (Å²) in [6, 6.07) is 7.47. The Morgan fingerprint density at radius 2 is 1.48 bits per heavy atom. The first-order chi connectivity index (χ1) is 30.8. The molecule has 1 aliphatic heterocycles. The fraction of sp³-hybridized carbons (Fsp3) is 0.622. The number of hydrazine groups is 1. The van der Waals surface area contributed by atoms with Crippen LogP contribution in [-0.4, -0.2) is 124 Å². The molecule has 4 atom stereocenters. The number of nitrogens with two attached hydrogens (primary N) is 1. The Bertz CT molecular complexity index is 1760. The number of ether oxygens (including phenoxy) is 5. The largest absolute Gasteiger partial charge is 0.446 e. The van der Waals surface area contributed by atoms with Crippen LogP contribution in [0.2, 0.25) is 0 Å². The summed E-state index contributed by atoms with van der Waals surface area (Å²) >= 11 is 1.36. The van der Waals surface area contributed by atoms with Crippen LogP contribution in [0.4, 0.5) is 4.79 Å². The molecule has 1 aromatic carbocycles. The molecule has 2 aromatic rings. The van der Waals surface area contributed by atoms with Gasteiger partial charge in [-0.2, -0.15) is 0 Å². The summed E-state index contributed by atoms with van der Waals surface area (Å²) in [5.74, 6) is -1.81. The Balaban J connectivity index is 1.26. The zero-order valence-corrected chi connectivity index (χ0v) is 38.8. The topological polar surface area (TPSA) is 239 Å². The van der Waals surface area contributed by atoms with Crippen molar-refractivity contribution in [1.82, 2.24) is 31.4 Å². The molecule has 0 bridgehead atoms. The Morgan fingerprint density at radius 1 is 0.828 bits per heavy atom. The van der Waals surface area contributed by atoms with Gasteiger partial charge in [-0.1, -0.05) is 63.9 Å². The lowest BCUT2D eigenvalue weighted by molar-refractivity contribution is -0.137. The maximum absolute atomic E-state index is 13.5. The summed E-state index contributed by atoms with van der Waals surface area (Å²) in [4.78, 5) is 79.7. The van der Waals surface area contributed by atoms with Crippen LogP contribution >= 0.6 is 11.3 Å². The second kappa shape index (κ2) is 30.4. The lowest BCUT2D eigenvalue weighted by Crippen LogP contribution is -2.46. The van der Waals surface area contributed by atoms with Crippen LogP contribution in [0.3, 0.4) is 0 Å². The van der Waals surface area contributed by atoms with E-state index in [1.807, 2.05) is 38.1 Å². The van der Waals surface area contributed by atoms with E-state index in [1.54, 1.807) is 12.3 Å². The lowest BCUT2D eigenvalue weighted by Gasteiger charge is -2.22. The lowest BCUT2D eigenvalue weighted by atomic mass is 9.95. The number of imide groups is 1. The molecular formula is C45H69N7O11S. The molecular weight excluding hydrogens is 847 g/mol. The fourth-order valence-electron chi connectivity index (χ4n) is 6.30. The van der Waals surface area contributed by atoms with E-state index in [0.29, 0.717) is 83.2 Å². The highest BCUT2D eigenvalue weighted by atomic mass is 32.1. The number of benzene rings is 1. The highest BCUT2D eigenvalue weighted by Gasteiger charge is 2.26. The number of nitrogens with zero attached hydrogens (tertiary/aromatic N) is 2. The molecule has 2 heterocycles. The summed E-state index contributed by atoms with van der Waals surface area (Å²) < 4.78 is 27.5. The second-order valence-electron chi connectivity index (χ2n) is 16.0. The minimum Gasteiger partial charge on any atom is -0.446 e. The van der Waals surface area contributed by atoms with Crippen LogP contribution in [0.1, 0.15) is 105 Å². The standard InChI is InChI=1S/C45H69N7O11S/c1-6-19-62-38(29-36(46)31(2)3)44-49-37(30-64-44)43(57)48-35(28-34-13-11-32(4)12-14-34)27-33(5)42(56)50-51-45(58)63-26-25-61-24-23-60-22-21-59-20-17-47-39(53)10-8-7-9-18-52-40(54)15-16-41(52)55/h11-16,30-31,33,35-36,38H,6-10,17-29,46H2,1-5H3,(H,47,53)(H,48,57)(H,50,56)(H,51,58)/t33-,35+,36+,38?/m0/s1. The first kappa shape index (κ1) is 53.5. The molecule has 0 spiro atoms. The predicted octanol–water partition coefficient (Wildman–Crippen LogP) is 4.07. The summed E-state index contributed by atoms with van der Waals surface area (Å²) in [6.45, 7) is 12.8. The Labute approximate surface area is 381 Å². The van der Waals surface area contributed by atoms with E-state index < -0.39 is 24.0 Å². The third-order valence-electron chi connectivity index (χ3n) is 10.2. The molecule has 1 unspecified atom stereocenters. The van der Waals surface area contributed by atoms with Crippen molar-refractivity contribution in [2.24, 2.45) is 17.6 Å². The molecule has 18 nitrogen and oxygen atoms in total. The van der Waals surface area contributed by atoms with Gasteiger partial charge in [0, 0.05) is 61.7 Å². The highest BCUT2D eigenvalue weighted by Crippen LogP contribution is 2.28. The van der Waals surface area contributed by atoms with Gasteiger partial charge in [0.2, 0.25) is 11.8 Å². The van der Waals surface area contributed by atoms with Crippen LogP contribution in [0.5, 0.6) is 0 Å². The quantitative estimate of drug-likeness (QED) is 0.0396. The number of hydrogen-bond donors (Lipinski definition) is 5. The van der Waals surface area contributed by atoms with E-state index in [0.717, 1.165) is 24.0 Å². The second-order valence-corrected chi connectivity index (χ2v) is 16.9. The average molecular weight is 916 g/mol. The summed E-state index contributed by atoms with van der Waals surface area (Å²) in [6.07, 6.45) is 5.95. The van der Waals surface area contributed by atoms with Crippen LogP contribution in [0.25, 0.3) is 0 Å². The van der Waals surface area contributed by atoms with Gasteiger partial charge in [0.1, 0.15) is 23.4 Å². The molecule has 0 aliphatic carbocycles. The number of aryl methyl sites for hydroxylation is 1. The van der Waals surface area contributed by atoms with Gasteiger partial charge in [-0.3, -0.25) is 34.3 Å². The van der Waals surface area contributed by atoms with Crippen molar-refractivity contribution in [3.05, 3.63) is 63.6 Å². The van der Waals surface area contributed by atoms with E-state index in [2.05, 4.69) is 40.3 Å². The van der Waals surface area contributed by atoms with Crippen LogP contribution in [-0.2, 0) is 49.3 Å². The maximum atomic E-state index is 13.5. The molecule has 0 saturated carbocycles. The first-order valence-electron chi connectivity index (χ1n) is 22.2. The van der Waals surface area contributed by atoms with Gasteiger partial charge in [-0.15, -0.1) is 11.3 Å². The van der Waals surface area contributed by atoms with Gasteiger partial charge in [-0.25, -0.2) is 15.2 Å². The van der Waals surface area contributed by atoms with Crippen molar-refractivity contribution >= 4 is 47.0 Å². The first-order valence-corrected chi connectivity index (χ1v) is 23.1. The average Bonchev–Trinajstić information content (AvgIpc) is 3.89. The summed E-state index contributed by atoms with van der Waals surface area (Å²) in [5.41, 5.74) is 13.4. The van der Waals surface area contributed by atoms with E-state index in [1.165, 1.54) is 28.4 Å². The number of carbonyl (C=O) groups is 6. The predicted molar refractivity (Wildman–Crippen MR) is 241 cm³/mol. The normalized spacial score (nSPS) is 14.3. The number of amides is 6. The molecule has 0 radical (unpaired) electrons. The van der Waals surface area contributed by atoms with Crippen molar-refractivity contribution in [1.29, 1.82) is 0 Å². The summed E-state index contributed by atoms with van der Waals surface area (Å²) in [7, 11) is 0. The molecule has 3 rings (SSSR count). The van der Waals surface area contributed by atoms with Crippen molar-refractivity contribution < 1.29 is 52.5 Å². The maximum Gasteiger partial charge on any atom is 0.426 e. The van der Waals surface area contributed by atoms with Gasteiger partial charge in [0.25, 0.3) is 17.7 Å². The molecule has 19 heteroatoms. The van der Waals surface area contributed by atoms with E-state index in [9.17, 15) is 28.8 Å². The van der Waals surface area contributed by atoms with E-state index in [4.69, 9.17) is 29.4 Å². The minimum atomic E-state index is -0.850. The van der Waals surface area contributed by atoms with Crippen molar-refractivity contribution in [2.75, 3.05) is 65.9 Å². The minimum absolute atomic E-state index is 0.0522. The van der Waals surface area contributed by atoms with Gasteiger partial charge in [0.05, 0.1) is 39.6 Å². The smallest absolute Gasteiger partial charge is 0.426 e. The Kier molecular flexibility index (Phi) is 25.4. The molecule has 356 valence electrons. The molecule has 0 fully saturated rings.